The van der Waals surface area contributed by atoms with Gasteiger partial charge in [0.15, 0.2) is 11.4 Å². The number of H-pyrrole nitrogens is 1. The predicted molar refractivity (Wildman–Crippen MR) is 32.4 cm³/mol. The molecule has 0 aliphatic carbocycles. The van der Waals surface area contributed by atoms with Gasteiger partial charge < -0.3 is 0 Å². The van der Waals surface area contributed by atoms with Crippen LogP contribution >= 0.6 is 0 Å². The molecule has 5 nitrogen and oxygen atoms in total. The Morgan fingerprint density at radius 3 is 2.54 bits per heavy atom. The molecule has 0 bridgehead atoms. The minimum absolute atomic E-state index is 0.382. The van der Waals surface area contributed by atoms with Crippen molar-refractivity contribution < 1.29 is 18.0 Å². The Morgan fingerprint density at radius 2 is 1.92 bits per heavy atom. The van der Waals surface area contributed by atoms with Gasteiger partial charge in [0.1, 0.15) is 5.69 Å². The van der Waals surface area contributed by atoms with Crippen LogP contribution in [-0.2, 0) is 6.18 Å². The van der Waals surface area contributed by atoms with Gasteiger partial charge in [-0.25, -0.2) is 0 Å². The van der Waals surface area contributed by atoms with Crippen LogP contribution in [0, 0.1) is 0 Å². The monoisotopic (exact) mass is 190 g/mol. The lowest BCUT2D eigenvalue weighted by atomic mass is 10.3. The van der Waals surface area contributed by atoms with Crippen LogP contribution in [0.15, 0.2) is 10.2 Å². The van der Waals surface area contributed by atoms with Gasteiger partial charge in [0, 0.05) is 0 Å². The fourth-order valence-corrected chi connectivity index (χ4v) is 0.923. The van der Waals surface area contributed by atoms with E-state index in [1.54, 1.807) is 5.10 Å². The molecule has 0 spiro atoms. The molecule has 0 fully saturated rings. The molecule has 0 saturated heterocycles. The summed E-state index contributed by atoms with van der Waals surface area (Å²) in [5.41, 5.74) is -2.05. The van der Waals surface area contributed by atoms with Gasteiger partial charge in [-0.05, 0) is 0 Å². The topological polar surface area (TPSA) is 70.5 Å². The van der Waals surface area contributed by atoms with Gasteiger partial charge >= 0.3 is 12.1 Å². The summed E-state index contributed by atoms with van der Waals surface area (Å²) in [5, 5.41) is 10.9. The van der Waals surface area contributed by atoms with Crippen LogP contribution in [-0.4, -0.2) is 16.1 Å². The largest absolute Gasteiger partial charge is 0.435 e. The molecule has 0 atom stereocenters. The second-order valence-electron chi connectivity index (χ2n) is 2.30. The quantitative estimate of drug-likeness (QED) is 0.675. The van der Waals surface area contributed by atoms with Crippen LogP contribution in [0.3, 0.4) is 0 Å². The van der Waals surface area contributed by atoms with E-state index < -0.39 is 23.5 Å². The zero-order valence-corrected chi connectivity index (χ0v) is 5.88. The summed E-state index contributed by atoms with van der Waals surface area (Å²) in [6.07, 6.45) is -4.59. The normalized spacial score (nSPS) is 15.2. The van der Waals surface area contributed by atoms with Gasteiger partial charge in [0.2, 0.25) is 0 Å². The van der Waals surface area contributed by atoms with Crippen molar-refractivity contribution >= 4 is 11.6 Å². The van der Waals surface area contributed by atoms with Gasteiger partial charge in [-0.15, -0.1) is 10.2 Å². The van der Waals surface area contributed by atoms with Gasteiger partial charge in [0.25, 0.3) is 0 Å². The molecule has 0 saturated carbocycles. The molecule has 68 valence electrons. The molecule has 0 unspecified atom stereocenters. The number of fused-ring (bicyclic) bond motifs is 1. The van der Waals surface area contributed by atoms with Crippen LogP contribution in [0.4, 0.5) is 18.9 Å². The third-order valence-electron chi connectivity index (χ3n) is 1.47. The first kappa shape index (κ1) is 7.90. The number of aromatic amines is 1. The second kappa shape index (κ2) is 2.15. The Kier molecular flexibility index (Phi) is 1.30. The van der Waals surface area contributed by atoms with Crippen molar-refractivity contribution in [1.82, 2.24) is 10.2 Å². The van der Waals surface area contributed by atoms with E-state index in [0.717, 1.165) is 0 Å². The van der Waals surface area contributed by atoms with E-state index in [-0.39, 0.29) is 5.69 Å². The third-order valence-corrected chi connectivity index (χ3v) is 1.47. The number of halogens is 3. The highest BCUT2D eigenvalue weighted by Crippen LogP contribution is 2.38. The number of carbonyl (C=O) groups excluding carboxylic acids is 1. The number of carbonyl (C=O) groups is 1. The fraction of sp³-hybridized carbons (Fsp3) is 0.200. The molecular formula is C5HF3N4O. The molecule has 0 aromatic carbocycles. The standard InChI is InChI=1S/C5HF3N4O/c6-5(7,8)3-1-2(10-11-3)4(13)12-9-1/h(H,10,11). The van der Waals surface area contributed by atoms with Crippen LogP contribution in [0.1, 0.15) is 16.2 Å². The average molecular weight is 190 g/mol. The first-order valence-electron chi connectivity index (χ1n) is 3.12. The number of hydrogen-bond donors (Lipinski definition) is 1. The van der Waals surface area contributed by atoms with Gasteiger partial charge in [-0.1, -0.05) is 0 Å². The van der Waals surface area contributed by atoms with E-state index in [4.69, 9.17) is 0 Å². The maximum Gasteiger partial charge on any atom is 0.435 e. The summed E-state index contributed by atoms with van der Waals surface area (Å²) in [4.78, 5) is 10.7. The number of amides is 1. The first-order valence-corrected chi connectivity index (χ1v) is 3.12. The molecule has 13 heavy (non-hydrogen) atoms. The zero-order chi connectivity index (χ0) is 9.64. The number of hydrogen-bond acceptors (Lipinski definition) is 3. The Bertz CT molecular complexity index is 404. The highest BCUT2D eigenvalue weighted by Gasteiger charge is 2.40. The molecule has 1 aliphatic heterocycles. The number of aromatic nitrogens is 2. The molecule has 1 aromatic rings. The van der Waals surface area contributed by atoms with Crippen molar-refractivity contribution in [3.63, 3.8) is 0 Å². The summed E-state index contributed by atoms with van der Waals surface area (Å²) in [5.74, 6) is -0.859. The number of nitrogens with zero attached hydrogens (tertiary/aromatic N) is 3. The van der Waals surface area contributed by atoms with Crippen LogP contribution in [0.25, 0.3) is 0 Å². The van der Waals surface area contributed by atoms with E-state index in [2.05, 4.69) is 15.3 Å². The lowest BCUT2D eigenvalue weighted by Crippen LogP contribution is -2.05. The molecular weight excluding hydrogens is 189 g/mol. The molecule has 1 N–H and O–H groups in total. The lowest BCUT2D eigenvalue weighted by molar-refractivity contribution is -0.140. The lowest BCUT2D eigenvalue weighted by Gasteiger charge is -2.01. The summed E-state index contributed by atoms with van der Waals surface area (Å²) in [6.45, 7) is 0. The Labute approximate surface area is 68.7 Å². The highest BCUT2D eigenvalue weighted by molar-refractivity contribution is 6.00. The minimum Gasteiger partial charge on any atom is -0.271 e. The number of azo groups is 1. The Morgan fingerprint density at radius 1 is 1.23 bits per heavy atom. The molecule has 1 aromatic heterocycles. The SMILES string of the molecule is O=C1N=Nc2c1n[nH]c2C(F)(F)F. The summed E-state index contributed by atoms with van der Waals surface area (Å²) in [7, 11) is 0. The summed E-state index contributed by atoms with van der Waals surface area (Å²) < 4.78 is 36.4. The highest BCUT2D eigenvalue weighted by atomic mass is 19.4. The van der Waals surface area contributed by atoms with Crippen LogP contribution < -0.4 is 0 Å². The summed E-state index contributed by atoms with van der Waals surface area (Å²) in [6, 6.07) is 0. The third kappa shape index (κ3) is 1.02. The van der Waals surface area contributed by atoms with Crippen LogP contribution in [0.5, 0.6) is 0 Å². The maximum absolute atomic E-state index is 12.1. The Balaban J connectivity index is 2.59. The van der Waals surface area contributed by atoms with Gasteiger partial charge in [-0.2, -0.15) is 18.3 Å². The Hall–Kier alpha value is -1.73. The van der Waals surface area contributed by atoms with Crippen molar-refractivity contribution in [2.75, 3.05) is 0 Å². The second-order valence-corrected chi connectivity index (χ2v) is 2.30. The molecule has 0 radical (unpaired) electrons. The van der Waals surface area contributed by atoms with E-state index in [9.17, 15) is 18.0 Å². The van der Waals surface area contributed by atoms with E-state index in [1.807, 2.05) is 0 Å². The molecule has 8 heteroatoms. The van der Waals surface area contributed by atoms with Crippen molar-refractivity contribution in [2.45, 2.75) is 6.18 Å². The molecule has 1 aliphatic rings. The van der Waals surface area contributed by atoms with Crippen molar-refractivity contribution in [2.24, 2.45) is 10.2 Å². The average Bonchev–Trinajstić information content (AvgIpc) is 2.51. The van der Waals surface area contributed by atoms with Crippen molar-refractivity contribution in [3.05, 3.63) is 11.4 Å². The van der Waals surface area contributed by atoms with E-state index >= 15 is 0 Å². The van der Waals surface area contributed by atoms with Crippen molar-refractivity contribution in [1.29, 1.82) is 0 Å². The number of alkyl halides is 3. The zero-order valence-electron chi connectivity index (χ0n) is 5.88. The van der Waals surface area contributed by atoms with E-state index in [1.165, 1.54) is 0 Å². The number of rotatable bonds is 0. The molecule has 2 heterocycles. The van der Waals surface area contributed by atoms with Gasteiger partial charge in [-0.3, -0.25) is 9.89 Å². The molecule has 2 rings (SSSR count). The summed E-state index contributed by atoms with van der Waals surface area (Å²) >= 11 is 0. The minimum atomic E-state index is -4.59. The molecule has 1 amide bonds. The fourth-order valence-electron chi connectivity index (χ4n) is 0.923. The van der Waals surface area contributed by atoms with Gasteiger partial charge in [0.05, 0.1) is 0 Å². The number of nitrogens with one attached hydrogen (secondary N) is 1. The van der Waals surface area contributed by atoms with E-state index in [0.29, 0.717) is 0 Å². The van der Waals surface area contributed by atoms with Crippen molar-refractivity contribution in [3.8, 4) is 0 Å². The first-order chi connectivity index (χ1) is 6.00. The maximum atomic E-state index is 12.1. The predicted octanol–water partition coefficient (Wildman–Crippen LogP) is 1.67. The smallest absolute Gasteiger partial charge is 0.271 e. The van der Waals surface area contributed by atoms with Crippen LogP contribution in [0.2, 0.25) is 0 Å².